The minimum Gasteiger partial charge on any atom is -0.463 e. The number of carbonyl (C=O) groups excluding carboxylic acids is 2. The average molecular weight is 230 g/mol. The highest BCUT2D eigenvalue weighted by Gasteiger charge is 2.26. The second kappa shape index (κ2) is 7.39. The molecule has 0 aromatic rings. The molecule has 0 unspecified atom stereocenters. The Morgan fingerprint density at radius 1 is 1.25 bits per heavy atom. The van der Waals surface area contributed by atoms with E-state index < -0.39 is 5.97 Å². The maximum atomic E-state index is 11.8. The molecular formula is C12H22O4. The number of aliphatic hydroxyl groups is 1. The van der Waals surface area contributed by atoms with Crippen LogP contribution in [0.4, 0.5) is 0 Å². The number of hydrogen-bond acceptors (Lipinski definition) is 4. The normalized spacial score (nSPS) is 11.2. The van der Waals surface area contributed by atoms with Crippen molar-refractivity contribution in [3.05, 3.63) is 0 Å². The van der Waals surface area contributed by atoms with E-state index in [2.05, 4.69) is 4.74 Å². The van der Waals surface area contributed by atoms with Gasteiger partial charge in [0.05, 0.1) is 13.0 Å². The molecule has 1 N–H and O–H groups in total. The van der Waals surface area contributed by atoms with Crippen LogP contribution >= 0.6 is 0 Å². The zero-order valence-corrected chi connectivity index (χ0v) is 10.4. The van der Waals surface area contributed by atoms with E-state index in [0.29, 0.717) is 0 Å². The van der Waals surface area contributed by atoms with Gasteiger partial charge in [0, 0.05) is 11.8 Å². The van der Waals surface area contributed by atoms with Crippen LogP contribution in [0.5, 0.6) is 0 Å². The molecule has 94 valence electrons. The van der Waals surface area contributed by atoms with Crippen molar-refractivity contribution in [2.75, 3.05) is 13.2 Å². The minimum absolute atomic E-state index is 0.00533. The van der Waals surface area contributed by atoms with Crippen molar-refractivity contribution in [2.45, 2.75) is 46.5 Å². The fraction of sp³-hybridized carbons (Fsp3) is 0.833. The van der Waals surface area contributed by atoms with Gasteiger partial charge < -0.3 is 9.84 Å². The van der Waals surface area contributed by atoms with Crippen LogP contribution in [0, 0.1) is 5.41 Å². The van der Waals surface area contributed by atoms with Crippen LogP contribution in [0.3, 0.4) is 0 Å². The fourth-order valence-corrected chi connectivity index (χ4v) is 1.55. The molecule has 16 heavy (non-hydrogen) atoms. The molecule has 4 nitrogen and oxygen atoms in total. The van der Waals surface area contributed by atoms with E-state index in [1.165, 1.54) is 0 Å². The van der Waals surface area contributed by atoms with Crippen molar-refractivity contribution in [2.24, 2.45) is 5.41 Å². The van der Waals surface area contributed by atoms with Crippen LogP contribution in [0.1, 0.15) is 46.5 Å². The Bertz CT molecular complexity index is 233. The SMILES string of the molecule is CCCC(C)(C)C(=O)CCC(=O)OCCO. The van der Waals surface area contributed by atoms with Gasteiger partial charge in [-0.2, -0.15) is 0 Å². The largest absolute Gasteiger partial charge is 0.463 e. The number of esters is 1. The molecule has 0 aliphatic rings. The van der Waals surface area contributed by atoms with Crippen LogP contribution in [-0.2, 0) is 14.3 Å². The summed E-state index contributed by atoms with van der Waals surface area (Å²) in [5.74, 6) is -0.329. The first-order chi connectivity index (χ1) is 7.44. The summed E-state index contributed by atoms with van der Waals surface area (Å²) in [4.78, 5) is 22.9. The zero-order valence-electron chi connectivity index (χ0n) is 10.4. The maximum absolute atomic E-state index is 11.8. The van der Waals surface area contributed by atoms with Gasteiger partial charge in [0.15, 0.2) is 0 Å². The van der Waals surface area contributed by atoms with Gasteiger partial charge >= 0.3 is 5.97 Å². The molecule has 0 aliphatic carbocycles. The van der Waals surface area contributed by atoms with Crippen molar-refractivity contribution in [1.82, 2.24) is 0 Å². The maximum Gasteiger partial charge on any atom is 0.306 e. The summed E-state index contributed by atoms with van der Waals surface area (Å²) in [5.41, 5.74) is -0.355. The first-order valence-corrected chi connectivity index (χ1v) is 5.74. The van der Waals surface area contributed by atoms with Crippen molar-refractivity contribution >= 4 is 11.8 Å². The Morgan fingerprint density at radius 2 is 1.88 bits per heavy atom. The predicted octanol–water partition coefficient (Wildman–Crippen LogP) is 1.70. The van der Waals surface area contributed by atoms with Crippen molar-refractivity contribution in [3.8, 4) is 0 Å². The highest BCUT2D eigenvalue weighted by atomic mass is 16.5. The van der Waals surface area contributed by atoms with Crippen LogP contribution in [0.25, 0.3) is 0 Å². The van der Waals surface area contributed by atoms with Gasteiger partial charge in [-0.25, -0.2) is 0 Å². The molecule has 0 saturated carbocycles. The first-order valence-electron chi connectivity index (χ1n) is 5.74. The van der Waals surface area contributed by atoms with E-state index in [-0.39, 0.29) is 37.3 Å². The van der Waals surface area contributed by atoms with Gasteiger partial charge in [-0.3, -0.25) is 9.59 Å². The molecule has 4 heteroatoms. The Labute approximate surface area is 97.0 Å². The third-order valence-electron chi connectivity index (χ3n) is 2.54. The summed E-state index contributed by atoms with van der Waals surface area (Å²) < 4.78 is 4.67. The van der Waals surface area contributed by atoms with Gasteiger partial charge in [0.2, 0.25) is 0 Å². The summed E-state index contributed by atoms with van der Waals surface area (Å²) in [6, 6.07) is 0. The molecule has 0 rings (SSSR count). The summed E-state index contributed by atoms with van der Waals surface area (Å²) in [6.45, 7) is 5.66. The van der Waals surface area contributed by atoms with E-state index in [9.17, 15) is 9.59 Å². The number of ether oxygens (including phenoxy) is 1. The highest BCUT2D eigenvalue weighted by molar-refractivity contribution is 5.87. The van der Waals surface area contributed by atoms with E-state index in [1.54, 1.807) is 0 Å². The topological polar surface area (TPSA) is 63.6 Å². The van der Waals surface area contributed by atoms with Gasteiger partial charge in [-0.1, -0.05) is 27.2 Å². The molecule has 0 fully saturated rings. The molecular weight excluding hydrogens is 208 g/mol. The van der Waals surface area contributed by atoms with Crippen molar-refractivity contribution in [3.63, 3.8) is 0 Å². The Morgan fingerprint density at radius 3 is 2.38 bits per heavy atom. The summed E-state index contributed by atoms with van der Waals surface area (Å²) >= 11 is 0. The van der Waals surface area contributed by atoms with Gasteiger partial charge in [-0.15, -0.1) is 0 Å². The molecule has 0 amide bonds. The molecule has 0 aliphatic heterocycles. The molecule has 0 radical (unpaired) electrons. The third-order valence-corrected chi connectivity index (χ3v) is 2.54. The number of ketones is 1. The van der Waals surface area contributed by atoms with Crippen molar-refractivity contribution in [1.29, 1.82) is 0 Å². The lowest BCUT2D eigenvalue weighted by atomic mass is 9.82. The van der Waals surface area contributed by atoms with Crippen LogP contribution in [0.15, 0.2) is 0 Å². The number of aliphatic hydroxyl groups excluding tert-OH is 1. The van der Waals surface area contributed by atoms with Gasteiger partial charge in [0.1, 0.15) is 12.4 Å². The molecule has 0 bridgehead atoms. The standard InChI is InChI=1S/C12H22O4/c1-4-7-12(2,3)10(14)5-6-11(15)16-9-8-13/h13H,4-9H2,1-3H3. The quantitative estimate of drug-likeness (QED) is 0.645. The second-order valence-electron chi connectivity index (χ2n) is 4.50. The fourth-order valence-electron chi connectivity index (χ4n) is 1.55. The molecule has 0 saturated heterocycles. The number of carbonyl (C=O) groups is 2. The number of rotatable bonds is 8. The lowest BCUT2D eigenvalue weighted by Gasteiger charge is -2.21. The third kappa shape index (κ3) is 5.85. The molecule has 0 spiro atoms. The molecule has 0 atom stereocenters. The number of Topliss-reactive ketones (excluding diaryl/α,β-unsaturated/α-hetero) is 1. The zero-order chi connectivity index (χ0) is 12.6. The van der Waals surface area contributed by atoms with Gasteiger partial charge in [0.25, 0.3) is 0 Å². The number of hydrogen-bond donors (Lipinski definition) is 1. The van der Waals surface area contributed by atoms with Crippen LogP contribution in [-0.4, -0.2) is 30.1 Å². The highest BCUT2D eigenvalue weighted by Crippen LogP contribution is 2.25. The lowest BCUT2D eigenvalue weighted by molar-refractivity contribution is -0.146. The van der Waals surface area contributed by atoms with E-state index >= 15 is 0 Å². The predicted molar refractivity (Wildman–Crippen MR) is 61.0 cm³/mol. The van der Waals surface area contributed by atoms with Crippen molar-refractivity contribution < 1.29 is 19.4 Å². The Balaban J connectivity index is 3.92. The Hall–Kier alpha value is -0.900. The summed E-state index contributed by atoms with van der Waals surface area (Å²) in [6.07, 6.45) is 2.11. The smallest absolute Gasteiger partial charge is 0.306 e. The van der Waals surface area contributed by atoms with E-state index in [1.807, 2.05) is 20.8 Å². The summed E-state index contributed by atoms with van der Waals surface area (Å²) in [7, 11) is 0. The summed E-state index contributed by atoms with van der Waals surface area (Å²) in [5, 5.41) is 8.45. The van der Waals surface area contributed by atoms with Crippen LogP contribution < -0.4 is 0 Å². The second-order valence-corrected chi connectivity index (χ2v) is 4.50. The average Bonchev–Trinajstić information content (AvgIpc) is 2.22. The van der Waals surface area contributed by atoms with Crippen LogP contribution in [0.2, 0.25) is 0 Å². The lowest BCUT2D eigenvalue weighted by Crippen LogP contribution is -2.24. The van der Waals surface area contributed by atoms with Gasteiger partial charge in [-0.05, 0) is 6.42 Å². The molecule has 0 heterocycles. The molecule has 0 aromatic heterocycles. The monoisotopic (exact) mass is 230 g/mol. The minimum atomic E-state index is -0.422. The van der Waals surface area contributed by atoms with E-state index in [0.717, 1.165) is 12.8 Å². The first kappa shape index (κ1) is 15.1. The Kier molecular flexibility index (Phi) is 6.97. The van der Waals surface area contributed by atoms with E-state index in [4.69, 9.17) is 5.11 Å². The molecule has 0 aromatic carbocycles.